The minimum Gasteiger partial charge on any atom is -0.497 e. The number of para-hydroxylation sites is 1. The van der Waals surface area contributed by atoms with E-state index in [0.717, 1.165) is 34.8 Å². The maximum Gasteiger partial charge on any atom is 0.213 e. The lowest BCUT2D eigenvalue weighted by molar-refractivity contribution is -0.0190. The summed E-state index contributed by atoms with van der Waals surface area (Å²) in [5, 5.41) is 7.03. The summed E-state index contributed by atoms with van der Waals surface area (Å²) in [4.78, 5) is 4.12. The van der Waals surface area contributed by atoms with Crippen LogP contribution in [0.4, 0.5) is 0 Å². The van der Waals surface area contributed by atoms with Crippen LogP contribution < -0.4 is 9.47 Å². The van der Waals surface area contributed by atoms with Crippen molar-refractivity contribution in [1.29, 1.82) is 0 Å². The van der Waals surface area contributed by atoms with E-state index in [9.17, 15) is 0 Å². The quantitative estimate of drug-likeness (QED) is 0.700. The molecule has 0 bridgehead atoms. The topological polar surface area (TPSA) is 47.0 Å². The second kappa shape index (κ2) is 6.43. The summed E-state index contributed by atoms with van der Waals surface area (Å²) < 4.78 is 11.6. The van der Waals surface area contributed by atoms with Crippen molar-refractivity contribution in [2.75, 3.05) is 7.11 Å². The van der Waals surface area contributed by atoms with Crippen molar-refractivity contribution in [2.24, 2.45) is 5.10 Å². The smallest absolute Gasteiger partial charge is 0.213 e. The minimum atomic E-state index is -0.268. The van der Waals surface area contributed by atoms with E-state index in [4.69, 9.17) is 14.6 Å². The Bertz CT molecular complexity index is 986. The van der Waals surface area contributed by atoms with Crippen LogP contribution in [0.1, 0.15) is 35.4 Å². The number of hydrogen-bond donors (Lipinski definition) is 0. The average Bonchev–Trinajstić information content (AvgIpc) is 3.20. The molecule has 0 radical (unpaired) electrons. The number of hydrazone groups is 1. The average molecular weight is 357 g/mol. The molecule has 3 aromatic rings. The first-order valence-electron chi connectivity index (χ1n) is 8.99. The molecule has 0 unspecified atom stereocenters. The fourth-order valence-corrected chi connectivity index (χ4v) is 3.74. The van der Waals surface area contributed by atoms with E-state index in [0.29, 0.717) is 0 Å². The van der Waals surface area contributed by atoms with E-state index in [1.54, 1.807) is 19.5 Å². The van der Waals surface area contributed by atoms with Gasteiger partial charge in [0.05, 0.1) is 18.9 Å². The van der Waals surface area contributed by atoms with Gasteiger partial charge < -0.3 is 9.47 Å². The molecule has 134 valence electrons. The summed E-state index contributed by atoms with van der Waals surface area (Å²) in [5.74, 6) is 1.75. The summed E-state index contributed by atoms with van der Waals surface area (Å²) in [6, 6.07) is 20.4. The van der Waals surface area contributed by atoms with Gasteiger partial charge in [0, 0.05) is 35.5 Å². The number of benzene rings is 2. The number of hydrogen-bond acceptors (Lipinski definition) is 5. The maximum absolute atomic E-state index is 6.36. The molecule has 5 nitrogen and oxygen atoms in total. The highest BCUT2D eigenvalue weighted by atomic mass is 16.5. The Balaban J connectivity index is 1.57. The fraction of sp³-hybridized carbons (Fsp3) is 0.182. The van der Waals surface area contributed by atoms with Crippen LogP contribution in [-0.4, -0.2) is 22.8 Å². The lowest BCUT2D eigenvalue weighted by Crippen LogP contribution is -2.33. The molecule has 0 aliphatic carbocycles. The normalized spacial score (nSPS) is 20.3. The van der Waals surface area contributed by atoms with Crippen LogP contribution in [0.5, 0.6) is 11.5 Å². The molecule has 3 heterocycles. The zero-order chi connectivity index (χ0) is 18.2. The van der Waals surface area contributed by atoms with Crippen molar-refractivity contribution in [2.45, 2.75) is 18.7 Å². The highest BCUT2D eigenvalue weighted by Gasteiger charge is 2.40. The van der Waals surface area contributed by atoms with Gasteiger partial charge in [-0.25, -0.2) is 5.01 Å². The molecule has 5 rings (SSSR count). The number of nitrogens with zero attached hydrogens (tertiary/aromatic N) is 3. The van der Waals surface area contributed by atoms with Gasteiger partial charge in [-0.3, -0.25) is 4.98 Å². The molecule has 0 N–H and O–H groups in total. The first-order chi connectivity index (χ1) is 13.3. The van der Waals surface area contributed by atoms with Crippen molar-refractivity contribution in [3.05, 3.63) is 89.7 Å². The lowest BCUT2D eigenvalue weighted by Gasteiger charge is -2.38. The molecule has 0 saturated carbocycles. The Morgan fingerprint density at radius 1 is 1.00 bits per heavy atom. The third-order valence-corrected chi connectivity index (χ3v) is 5.11. The van der Waals surface area contributed by atoms with Crippen molar-refractivity contribution in [3.8, 4) is 11.5 Å². The Hall–Kier alpha value is -3.34. The van der Waals surface area contributed by atoms with E-state index in [2.05, 4.69) is 22.1 Å². The first kappa shape index (κ1) is 15.9. The van der Waals surface area contributed by atoms with Crippen LogP contribution in [0.25, 0.3) is 0 Å². The van der Waals surface area contributed by atoms with Crippen molar-refractivity contribution in [3.63, 3.8) is 0 Å². The molecule has 0 amide bonds. The van der Waals surface area contributed by atoms with Gasteiger partial charge in [-0.15, -0.1) is 0 Å². The first-order valence-corrected chi connectivity index (χ1v) is 8.99. The molecule has 5 heteroatoms. The molecule has 1 aromatic heterocycles. The Labute approximate surface area is 157 Å². The molecule has 27 heavy (non-hydrogen) atoms. The number of aromatic nitrogens is 1. The maximum atomic E-state index is 6.36. The van der Waals surface area contributed by atoms with Gasteiger partial charge in [0.15, 0.2) is 0 Å². The van der Waals surface area contributed by atoms with Gasteiger partial charge in [-0.2, -0.15) is 5.10 Å². The van der Waals surface area contributed by atoms with Crippen LogP contribution in [0.3, 0.4) is 0 Å². The number of rotatable bonds is 3. The van der Waals surface area contributed by atoms with Gasteiger partial charge in [-0.1, -0.05) is 18.2 Å². The van der Waals surface area contributed by atoms with Gasteiger partial charge in [-0.05, 0) is 42.5 Å². The molecule has 2 aromatic carbocycles. The standard InChI is InChI=1S/C22H19N3O2/c1-26-17-8-6-16(7-9-17)22-25-20(18-4-2-3-5-21(18)27-22)14-19(24-25)15-10-12-23-13-11-15/h2-13,20,22H,14H2,1H3/t20-,22-/m0/s1. The second-order valence-corrected chi connectivity index (χ2v) is 6.66. The third kappa shape index (κ3) is 2.72. The lowest BCUT2D eigenvalue weighted by atomic mass is 9.96. The van der Waals surface area contributed by atoms with Crippen molar-refractivity contribution >= 4 is 5.71 Å². The van der Waals surface area contributed by atoms with E-state index in [1.807, 2.05) is 48.5 Å². The predicted octanol–water partition coefficient (Wildman–Crippen LogP) is 4.33. The number of pyridine rings is 1. The van der Waals surface area contributed by atoms with Gasteiger partial charge >= 0.3 is 0 Å². The van der Waals surface area contributed by atoms with Crippen LogP contribution >= 0.6 is 0 Å². The van der Waals surface area contributed by atoms with E-state index in [1.165, 1.54) is 5.56 Å². The molecule has 0 fully saturated rings. The van der Waals surface area contributed by atoms with Crippen LogP contribution in [0.15, 0.2) is 78.2 Å². The number of methoxy groups -OCH3 is 1. The predicted molar refractivity (Wildman–Crippen MR) is 103 cm³/mol. The fourth-order valence-electron chi connectivity index (χ4n) is 3.74. The largest absolute Gasteiger partial charge is 0.497 e. The van der Waals surface area contributed by atoms with Crippen molar-refractivity contribution < 1.29 is 9.47 Å². The van der Waals surface area contributed by atoms with E-state index in [-0.39, 0.29) is 12.3 Å². The van der Waals surface area contributed by atoms with Crippen LogP contribution in [0, 0.1) is 0 Å². The molecule has 2 atom stereocenters. The Kier molecular flexibility index (Phi) is 3.78. The summed E-state index contributed by atoms with van der Waals surface area (Å²) >= 11 is 0. The minimum absolute atomic E-state index is 0.158. The van der Waals surface area contributed by atoms with E-state index < -0.39 is 0 Å². The van der Waals surface area contributed by atoms with E-state index >= 15 is 0 Å². The summed E-state index contributed by atoms with van der Waals surface area (Å²) in [5.41, 5.74) is 4.39. The second-order valence-electron chi connectivity index (χ2n) is 6.66. The zero-order valence-electron chi connectivity index (χ0n) is 14.9. The molecule has 2 aliphatic heterocycles. The highest BCUT2D eigenvalue weighted by molar-refractivity contribution is 6.01. The molecular formula is C22H19N3O2. The summed E-state index contributed by atoms with van der Waals surface area (Å²) in [6.45, 7) is 0. The van der Waals surface area contributed by atoms with Crippen LogP contribution in [-0.2, 0) is 0 Å². The number of ether oxygens (including phenoxy) is 2. The van der Waals surface area contributed by atoms with Gasteiger partial charge in [0.2, 0.25) is 6.23 Å². The third-order valence-electron chi connectivity index (χ3n) is 5.11. The molecular weight excluding hydrogens is 338 g/mol. The number of fused-ring (bicyclic) bond motifs is 3. The van der Waals surface area contributed by atoms with Gasteiger partial charge in [0.1, 0.15) is 11.5 Å². The van der Waals surface area contributed by atoms with Crippen molar-refractivity contribution in [1.82, 2.24) is 9.99 Å². The van der Waals surface area contributed by atoms with Crippen LogP contribution in [0.2, 0.25) is 0 Å². The Morgan fingerprint density at radius 3 is 2.56 bits per heavy atom. The van der Waals surface area contributed by atoms with Gasteiger partial charge in [0.25, 0.3) is 0 Å². The monoisotopic (exact) mass is 357 g/mol. The summed E-state index contributed by atoms with van der Waals surface area (Å²) in [6.07, 6.45) is 4.19. The zero-order valence-corrected chi connectivity index (χ0v) is 14.9. The molecule has 2 aliphatic rings. The SMILES string of the molecule is COc1ccc([C@@H]2Oc3ccccc3[C@@H]3CC(c4ccncc4)=NN32)cc1. The summed E-state index contributed by atoms with van der Waals surface area (Å²) in [7, 11) is 1.67. The molecule has 0 saturated heterocycles. The molecule has 0 spiro atoms. The Morgan fingerprint density at radius 2 is 1.78 bits per heavy atom. The highest BCUT2D eigenvalue weighted by Crippen LogP contribution is 2.47.